The Balaban J connectivity index is 2.08. The van der Waals surface area contributed by atoms with Gasteiger partial charge in [-0.05, 0) is 38.8 Å². The molecule has 0 radical (unpaired) electrons. The number of hydrogen-bond acceptors (Lipinski definition) is 2. The first kappa shape index (κ1) is 10.0. The quantitative estimate of drug-likeness (QED) is 0.625. The molecule has 1 fully saturated rings. The minimum absolute atomic E-state index is 0.802. The molecular weight excluding hydrogens is 150 g/mol. The van der Waals surface area contributed by atoms with E-state index in [2.05, 4.69) is 18.7 Å². The maximum absolute atomic E-state index is 5.42. The molecular formula is C10H21NO. The van der Waals surface area contributed by atoms with Crippen molar-refractivity contribution in [1.29, 1.82) is 0 Å². The Labute approximate surface area is 75.9 Å². The summed E-state index contributed by atoms with van der Waals surface area (Å²) in [4.78, 5) is 2.55. The van der Waals surface area contributed by atoms with Crippen LogP contribution >= 0.6 is 0 Å². The third kappa shape index (κ3) is 3.11. The first-order valence-corrected chi connectivity index (χ1v) is 5.16. The number of nitrogens with zero attached hydrogens (tertiary/aromatic N) is 1. The van der Waals surface area contributed by atoms with Crippen LogP contribution in [0.1, 0.15) is 26.7 Å². The van der Waals surface area contributed by atoms with Gasteiger partial charge in [0.05, 0.1) is 6.61 Å². The lowest BCUT2D eigenvalue weighted by atomic mass is 10.1. The summed E-state index contributed by atoms with van der Waals surface area (Å²) in [5.74, 6) is 0.802. The summed E-state index contributed by atoms with van der Waals surface area (Å²) in [6, 6.07) is 0. The Hall–Kier alpha value is -0.0800. The Kier molecular flexibility index (Phi) is 4.62. The molecule has 0 amide bonds. The van der Waals surface area contributed by atoms with Crippen molar-refractivity contribution in [2.75, 3.05) is 32.8 Å². The molecule has 12 heavy (non-hydrogen) atoms. The van der Waals surface area contributed by atoms with Gasteiger partial charge < -0.3 is 9.64 Å². The lowest BCUT2D eigenvalue weighted by Crippen LogP contribution is -2.22. The molecule has 0 bridgehead atoms. The van der Waals surface area contributed by atoms with Crippen LogP contribution in [0, 0.1) is 5.92 Å². The highest BCUT2D eigenvalue weighted by Crippen LogP contribution is 2.16. The van der Waals surface area contributed by atoms with Gasteiger partial charge in [0.25, 0.3) is 0 Å². The summed E-state index contributed by atoms with van der Waals surface area (Å²) in [6.07, 6.45) is 2.61. The summed E-state index contributed by atoms with van der Waals surface area (Å²) >= 11 is 0. The fraction of sp³-hybridized carbons (Fsp3) is 1.00. The van der Waals surface area contributed by atoms with E-state index in [1.54, 1.807) is 0 Å². The summed E-state index contributed by atoms with van der Waals surface area (Å²) in [6.45, 7) is 9.96. The molecule has 1 aliphatic heterocycles. The summed E-state index contributed by atoms with van der Waals surface area (Å²) < 4.78 is 5.42. The molecule has 0 aromatic heterocycles. The van der Waals surface area contributed by atoms with Gasteiger partial charge in [-0.25, -0.2) is 0 Å². The molecule has 72 valence electrons. The topological polar surface area (TPSA) is 12.5 Å². The molecule has 0 N–H and O–H groups in total. The Morgan fingerprint density at radius 3 is 2.92 bits per heavy atom. The molecule has 2 heteroatoms. The van der Waals surface area contributed by atoms with Crippen molar-refractivity contribution in [2.24, 2.45) is 5.92 Å². The molecule has 0 unspecified atom stereocenters. The number of likely N-dealkylation sites (tertiary alicyclic amines) is 1. The first-order valence-electron chi connectivity index (χ1n) is 5.16. The summed E-state index contributed by atoms with van der Waals surface area (Å²) in [5.41, 5.74) is 0. The molecule has 1 atom stereocenters. The summed E-state index contributed by atoms with van der Waals surface area (Å²) in [5, 5.41) is 0. The van der Waals surface area contributed by atoms with Gasteiger partial charge in [-0.2, -0.15) is 0 Å². The van der Waals surface area contributed by atoms with E-state index >= 15 is 0 Å². The standard InChI is InChI=1S/C10H21NO/c1-3-6-11-7-5-10(8-11)9-12-4-2/h10H,3-9H2,1-2H3/t10-/m1/s1. The molecule has 1 rings (SSSR count). The van der Waals surface area contributed by atoms with Gasteiger partial charge >= 0.3 is 0 Å². The zero-order valence-corrected chi connectivity index (χ0v) is 8.38. The second-order valence-electron chi connectivity index (χ2n) is 3.61. The zero-order chi connectivity index (χ0) is 8.81. The van der Waals surface area contributed by atoms with Crippen molar-refractivity contribution < 1.29 is 4.74 Å². The fourth-order valence-corrected chi connectivity index (χ4v) is 1.85. The van der Waals surface area contributed by atoms with Gasteiger partial charge in [-0.3, -0.25) is 0 Å². The maximum Gasteiger partial charge on any atom is 0.0506 e. The van der Waals surface area contributed by atoms with Crippen molar-refractivity contribution in [1.82, 2.24) is 4.90 Å². The minimum Gasteiger partial charge on any atom is -0.381 e. The van der Waals surface area contributed by atoms with E-state index in [1.807, 2.05) is 0 Å². The minimum atomic E-state index is 0.802. The van der Waals surface area contributed by atoms with E-state index in [1.165, 1.54) is 32.5 Å². The number of ether oxygens (including phenoxy) is 1. The molecule has 0 saturated carbocycles. The Morgan fingerprint density at radius 1 is 1.42 bits per heavy atom. The van der Waals surface area contributed by atoms with Crippen molar-refractivity contribution in [3.05, 3.63) is 0 Å². The van der Waals surface area contributed by atoms with Crippen LogP contribution in [0.2, 0.25) is 0 Å². The van der Waals surface area contributed by atoms with Gasteiger partial charge in [0.1, 0.15) is 0 Å². The fourth-order valence-electron chi connectivity index (χ4n) is 1.85. The van der Waals surface area contributed by atoms with Crippen LogP contribution in [-0.4, -0.2) is 37.7 Å². The van der Waals surface area contributed by atoms with Crippen LogP contribution in [0.25, 0.3) is 0 Å². The molecule has 1 saturated heterocycles. The van der Waals surface area contributed by atoms with E-state index in [0.29, 0.717) is 0 Å². The average molecular weight is 171 g/mol. The number of hydrogen-bond donors (Lipinski definition) is 0. The average Bonchev–Trinajstić information content (AvgIpc) is 2.50. The Bertz CT molecular complexity index is 116. The normalized spacial score (nSPS) is 25.0. The Morgan fingerprint density at radius 2 is 2.25 bits per heavy atom. The van der Waals surface area contributed by atoms with Crippen LogP contribution < -0.4 is 0 Å². The van der Waals surface area contributed by atoms with Gasteiger partial charge in [0.2, 0.25) is 0 Å². The SMILES string of the molecule is CCCN1CC[C@@H](COCC)C1. The first-order chi connectivity index (χ1) is 5.86. The van der Waals surface area contributed by atoms with E-state index in [4.69, 9.17) is 4.74 Å². The van der Waals surface area contributed by atoms with Crippen LogP contribution in [-0.2, 0) is 4.74 Å². The lowest BCUT2D eigenvalue weighted by Gasteiger charge is -2.14. The van der Waals surface area contributed by atoms with Gasteiger partial charge in [0, 0.05) is 13.2 Å². The monoisotopic (exact) mass is 171 g/mol. The molecule has 1 aliphatic rings. The van der Waals surface area contributed by atoms with Gasteiger partial charge in [-0.15, -0.1) is 0 Å². The van der Waals surface area contributed by atoms with E-state index in [-0.39, 0.29) is 0 Å². The predicted molar refractivity (Wildman–Crippen MR) is 51.3 cm³/mol. The van der Waals surface area contributed by atoms with Crippen molar-refractivity contribution in [3.63, 3.8) is 0 Å². The van der Waals surface area contributed by atoms with E-state index in [9.17, 15) is 0 Å². The highest BCUT2D eigenvalue weighted by molar-refractivity contribution is 4.74. The predicted octanol–water partition coefficient (Wildman–Crippen LogP) is 1.75. The van der Waals surface area contributed by atoms with Crippen molar-refractivity contribution in [2.45, 2.75) is 26.7 Å². The smallest absolute Gasteiger partial charge is 0.0506 e. The zero-order valence-electron chi connectivity index (χ0n) is 8.38. The van der Waals surface area contributed by atoms with E-state index < -0.39 is 0 Å². The third-order valence-electron chi connectivity index (χ3n) is 2.47. The number of rotatable bonds is 5. The third-order valence-corrected chi connectivity index (χ3v) is 2.47. The van der Waals surface area contributed by atoms with Crippen LogP contribution in [0.15, 0.2) is 0 Å². The molecule has 1 heterocycles. The van der Waals surface area contributed by atoms with Gasteiger partial charge in [-0.1, -0.05) is 6.92 Å². The molecule has 0 aliphatic carbocycles. The maximum atomic E-state index is 5.42. The second-order valence-corrected chi connectivity index (χ2v) is 3.61. The molecule has 2 nitrogen and oxygen atoms in total. The highest BCUT2D eigenvalue weighted by Gasteiger charge is 2.21. The summed E-state index contributed by atoms with van der Waals surface area (Å²) in [7, 11) is 0. The molecule has 0 aromatic carbocycles. The molecule has 0 aromatic rings. The highest BCUT2D eigenvalue weighted by atomic mass is 16.5. The van der Waals surface area contributed by atoms with Crippen LogP contribution in [0.5, 0.6) is 0 Å². The van der Waals surface area contributed by atoms with Crippen LogP contribution in [0.3, 0.4) is 0 Å². The van der Waals surface area contributed by atoms with Crippen molar-refractivity contribution >= 4 is 0 Å². The lowest BCUT2D eigenvalue weighted by molar-refractivity contribution is 0.112. The van der Waals surface area contributed by atoms with Gasteiger partial charge in [0.15, 0.2) is 0 Å². The largest absolute Gasteiger partial charge is 0.381 e. The van der Waals surface area contributed by atoms with Crippen molar-refractivity contribution in [3.8, 4) is 0 Å². The molecule has 0 spiro atoms. The second kappa shape index (κ2) is 5.55. The van der Waals surface area contributed by atoms with E-state index in [0.717, 1.165) is 19.1 Å². The van der Waals surface area contributed by atoms with Crippen LogP contribution in [0.4, 0.5) is 0 Å².